The smallest absolute Gasteiger partial charge is 0.157 e. The molecule has 0 bridgehead atoms. The molecule has 0 amide bonds. The first-order chi connectivity index (χ1) is 8.72. The third-order valence-corrected chi connectivity index (χ3v) is 5.60. The molecule has 3 atom stereocenters. The summed E-state index contributed by atoms with van der Waals surface area (Å²) < 4.78 is 0. The zero-order valence-corrected chi connectivity index (χ0v) is 12.4. The minimum atomic E-state index is 0.532. The van der Waals surface area contributed by atoms with E-state index in [4.69, 9.17) is 4.99 Å². The molecule has 2 fully saturated rings. The fraction of sp³-hybridized carbons (Fsp3) is 0.929. The van der Waals surface area contributed by atoms with Crippen LogP contribution in [0, 0.1) is 5.92 Å². The molecule has 2 saturated heterocycles. The lowest BCUT2D eigenvalue weighted by molar-refractivity contribution is 0.175. The second-order valence-corrected chi connectivity index (χ2v) is 7.26. The maximum atomic E-state index is 4.82. The van der Waals surface area contributed by atoms with Crippen molar-refractivity contribution in [2.75, 3.05) is 18.8 Å². The van der Waals surface area contributed by atoms with Crippen LogP contribution in [0.2, 0.25) is 0 Å². The van der Waals surface area contributed by atoms with Gasteiger partial charge < -0.3 is 10.2 Å². The fourth-order valence-electron chi connectivity index (χ4n) is 3.34. The van der Waals surface area contributed by atoms with Gasteiger partial charge in [0.25, 0.3) is 0 Å². The van der Waals surface area contributed by atoms with Crippen molar-refractivity contribution in [1.82, 2.24) is 10.2 Å². The van der Waals surface area contributed by atoms with Crippen LogP contribution in [0.25, 0.3) is 0 Å². The molecule has 3 aliphatic rings. The van der Waals surface area contributed by atoms with Crippen molar-refractivity contribution in [3.05, 3.63) is 0 Å². The van der Waals surface area contributed by atoms with Gasteiger partial charge in [0.1, 0.15) is 0 Å². The molecule has 0 spiro atoms. The van der Waals surface area contributed by atoms with E-state index in [0.29, 0.717) is 18.0 Å². The highest BCUT2D eigenvalue weighted by Crippen LogP contribution is 2.28. The number of fused-ring (bicyclic) bond motifs is 1. The van der Waals surface area contributed by atoms with Crippen molar-refractivity contribution >= 4 is 16.9 Å². The van der Waals surface area contributed by atoms with E-state index in [1.165, 1.54) is 49.7 Å². The number of nitrogens with one attached hydrogen (secondary N) is 1. The Morgan fingerprint density at radius 2 is 2.22 bits per heavy atom. The molecule has 0 radical (unpaired) electrons. The Kier molecular flexibility index (Phi) is 3.85. The average molecular weight is 267 g/mol. The van der Waals surface area contributed by atoms with Gasteiger partial charge in [-0.1, -0.05) is 25.6 Å². The van der Waals surface area contributed by atoms with E-state index in [0.717, 1.165) is 6.04 Å². The van der Waals surface area contributed by atoms with E-state index in [1.807, 2.05) is 11.8 Å². The summed E-state index contributed by atoms with van der Waals surface area (Å²) in [6, 6.07) is 2.05. The standard InChI is InChI=1S/C14H25N3S/c1-10(2)13-9-18-14(16-13)15-11-5-7-17-6-3-4-12(17)8-11/h10-13H,3-9H2,1-2H3,(H,15,16)/t11?,12?,13-/m1/s1. The number of aliphatic imine (C=N–C) groups is 1. The molecule has 3 heterocycles. The van der Waals surface area contributed by atoms with Crippen molar-refractivity contribution in [2.45, 2.75) is 57.7 Å². The predicted octanol–water partition coefficient (Wildman–Crippen LogP) is 2.33. The summed E-state index contributed by atoms with van der Waals surface area (Å²) in [6.45, 7) is 7.17. The summed E-state index contributed by atoms with van der Waals surface area (Å²) in [4.78, 5) is 7.50. The number of hydrogen-bond donors (Lipinski definition) is 1. The molecule has 0 aromatic rings. The number of hydrogen-bond acceptors (Lipinski definition) is 4. The van der Waals surface area contributed by atoms with E-state index in [-0.39, 0.29) is 0 Å². The lowest BCUT2D eigenvalue weighted by Crippen LogP contribution is -2.46. The molecule has 0 aliphatic carbocycles. The highest BCUT2D eigenvalue weighted by atomic mass is 32.2. The average Bonchev–Trinajstić information content (AvgIpc) is 2.96. The van der Waals surface area contributed by atoms with Crippen molar-refractivity contribution in [1.29, 1.82) is 0 Å². The summed E-state index contributed by atoms with van der Waals surface area (Å²) in [5, 5.41) is 4.91. The van der Waals surface area contributed by atoms with Crippen molar-refractivity contribution < 1.29 is 0 Å². The first kappa shape index (κ1) is 12.8. The van der Waals surface area contributed by atoms with E-state index in [9.17, 15) is 0 Å². The number of piperidine rings is 1. The molecule has 18 heavy (non-hydrogen) atoms. The summed E-state index contributed by atoms with van der Waals surface area (Å²) in [6.07, 6.45) is 5.43. The normalized spacial score (nSPS) is 36.8. The van der Waals surface area contributed by atoms with Gasteiger partial charge in [0.2, 0.25) is 0 Å². The van der Waals surface area contributed by atoms with Gasteiger partial charge in [0.15, 0.2) is 5.17 Å². The zero-order chi connectivity index (χ0) is 12.5. The minimum absolute atomic E-state index is 0.532. The van der Waals surface area contributed by atoms with Crippen LogP contribution in [0.3, 0.4) is 0 Å². The van der Waals surface area contributed by atoms with E-state index < -0.39 is 0 Å². The molecular formula is C14H25N3S. The van der Waals surface area contributed by atoms with Gasteiger partial charge >= 0.3 is 0 Å². The fourth-order valence-corrected chi connectivity index (χ4v) is 4.59. The topological polar surface area (TPSA) is 27.6 Å². The van der Waals surface area contributed by atoms with Gasteiger partial charge in [0, 0.05) is 24.4 Å². The first-order valence-corrected chi connectivity index (χ1v) is 8.42. The lowest BCUT2D eigenvalue weighted by Gasteiger charge is -2.35. The van der Waals surface area contributed by atoms with Crippen LogP contribution in [0.1, 0.15) is 39.5 Å². The van der Waals surface area contributed by atoms with Crippen LogP contribution < -0.4 is 5.32 Å². The molecule has 1 N–H and O–H groups in total. The van der Waals surface area contributed by atoms with Gasteiger partial charge in [-0.2, -0.15) is 0 Å². The van der Waals surface area contributed by atoms with Crippen molar-refractivity contribution in [3.8, 4) is 0 Å². The van der Waals surface area contributed by atoms with E-state index in [1.54, 1.807) is 0 Å². The maximum Gasteiger partial charge on any atom is 0.157 e. The number of nitrogens with zero attached hydrogens (tertiary/aromatic N) is 2. The van der Waals surface area contributed by atoms with Crippen LogP contribution >= 0.6 is 11.8 Å². The van der Waals surface area contributed by atoms with Gasteiger partial charge in [-0.25, -0.2) is 0 Å². The molecule has 3 rings (SSSR count). The highest BCUT2D eigenvalue weighted by molar-refractivity contribution is 8.14. The Balaban J connectivity index is 1.53. The molecule has 0 aromatic carbocycles. The molecule has 3 nitrogen and oxygen atoms in total. The Hall–Kier alpha value is -0.220. The number of thioether (sulfide) groups is 1. The Bertz CT molecular complexity index is 329. The molecular weight excluding hydrogens is 242 g/mol. The SMILES string of the molecule is CC(C)[C@H]1CSC(NC2CCN3CCCC3C2)=N1. The third kappa shape index (κ3) is 2.69. The van der Waals surface area contributed by atoms with Crippen LogP contribution in [0.15, 0.2) is 4.99 Å². The van der Waals surface area contributed by atoms with Crippen LogP contribution in [0.5, 0.6) is 0 Å². The van der Waals surface area contributed by atoms with E-state index >= 15 is 0 Å². The molecule has 3 aliphatic heterocycles. The van der Waals surface area contributed by atoms with Gasteiger partial charge in [-0.3, -0.25) is 4.99 Å². The predicted molar refractivity (Wildman–Crippen MR) is 79.3 cm³/mol. The van der Waals surface area contributed by atoms with Crippen LogP contribution in [0.4, 0.5) is 0 Å². The molecule has 4 heteroatoms. The third-order valence-electron chi connectivity index (χ3n) is 4.59. The lowest BCUT2D eigenvalue weighted by atomic mass is 9.98. The van der Waals surface area contributed by atoms with Gasteiger partial charge in [0.05, 0.1) is 6.04 Å². The second kappa shape index (κ2) is 5.41. The molecule has 102 valence electrons. The van der Waals surface area contributed by atoms with Crippen LogP contribution in [-0.2, 0) is 0 Å². The summed E-state index contributed by atoms with van der Waals surface area (Å²) >= 11 is 1.92. The first-order valence-electron chi connectivity index (χ1n) is 7.43. The quantitative estimate of drug-likeness (QED) is 0.832. The monoisotopic (exact) mass is 267 g/mol. The minimum Gasteiger partial charge on any atom is -0.362 e. The maximum absolute atomic E-state index is 4.82. The van der Waals surface area contributed by atoms with Gasteiger partial charge in [-0.05, 0) is 38.1 Å². The second-order valence-electron chi connectivity index (χ2n) is 6.25. The van der Waals surface area contributed by atoms with E-state index in [2.05, 4.69) is 24.1 Å². The summed E-state index contributed by atoms with van der Waals surface area (Å²) in [7, 11) is 0. The van der Waals surface area contributed by atoms with Crippen LogP contribution in [-0.4, -0.2) is 47.0 Å². The molecule has 2 unspecified atom stereocenters. The van der Waals surface area contributed by atoms with Crippen molar-refractivity contribution in [3.63, 3.8) is 0 Å². The Labute approximate surface area is 115 Å². The highest BCUT2D eigenvalue weighted by Gasteiger charge is 2.32. The molecule has 0 aromatic heterocycles. The number of rotatable bonds is 2. The Morgan fingerprint density at radius 1 is 1.33 bits per heavy atom. The Morgan fingerprint density at radius 3 is 3.00 bits per heavy atom. The molecule has 0 saturated carbocycles. The largest absolute Gasteiger partial charge is 0.362 e. The number of amidine groups is 1. The van der Waals surface area contributed by atoms with Gasteiger partial charge in [-0.15, -0.1) is 0 Å². The van der Waals surface area contributed by atoms with Crippen molar-refractivity contribution in [2.24, 2.45) is 10.9 Å². The zero-order valence-electron chi connectivity index (χ0n) is 11.6. The summed E-state index contributed by atoms with van der Waals surface area (Å²) in [5.41, 5.74) is 0. The summed E-state index contributed by atoms with van der Waals surface area (Å²) in [5.74, 6) is 1.84.